The summed E-state index contributed by atoms with van der Waals surface area (Å²) in [5.74, 6) is 1.41. The minimum atomic E-state index is 0.0686. The molecule has 0 fully saturated rings. The molecule has 6 heteroatoms. The zero-order valence-corrected chi connectivity index (χ0v) is 11.4. The molecule has 0 saturated heterocycles. The summed E-state index contributed by atoms with van der Waals surface area (Å²) in [6.45, 7) is 0. The highest BCUT2D eigenvalue weighted by atomic mass is 16.5. The van der Waals surface area contributed by atoms with E-state index in [9.17, 15) is 0 Å². The van der Waals surface area contributed by atoms with Crippen molar-refractivity contribution >= 4 is 16.6 Å². The van der Waals surface area contributed by atoms with E-state index in [4.69, 9.17) is 15.7 Å². The Bertz CT molecular complexity index is 823. The van der Waals surface area contributed by atoms with Crippen molar-refractivity contribution in [1.82, 2.24) is 9.78 Å². The Morgan fingerprint density at radius 3 is 2.67 bits per heavy atom. The first-order chi connectivity index (χ1) is 10.2. The fraction of sp³-hybridized carbons (Fsp3) is 0.0667. The molecule has 3 N–H and O–H groups in total. The summed E-state index contributed by atoms with van der Waals surface area (Å²) < 4.78 is 7.52. The van der Waals surface area contributed by atoms with Gasteiger partial charge in [0.2, 0.25) is 0 Å². The van der Waals surface area contributed by atoms with Crippen LogP contribution >= 0.6 is 0 Å². The van der Waals surface area contributed by atoms with E-state index < -0.39 is 0 Å². The van der Waals surface area contributed by atoms with Gasteiger partial charge < -0.3 is 15.7 Å². The van der Waals surface area contributed by atoms with Crippen LogP contribution in [0.25, 0.3) is 10.8 Å². The largest absolute Gasteiger partial charge is 0.453 e. The molecule has 1 heterocycles. The summed E-state index contributed by atoms with van der Waals surface area (Å²) in [5.41, 5.74) is 6.37. The van der Waals surface area contributed by atoms with Crippen LogP contribution in [0.2, 0.25) is 0 Å². The number of amidine groups is 1. The van der Waals surface area contributed by atoms with E-state index in [0.29, 0.717) is 17.1 Å². The molecule has 0 aliphatic rings. The number of rotatable bonds is 3. The van der Waals surface area contributed by atoms with E-state index in [2.05, 4.69) is 10.3 Å². The van der Waals surface area contributed by atoms with Gasteiger partial charge in [0, 0.05) is 18.0 Å². The minimum Gasteiger partial charge on any atom is -0.453 e. The Kier molecular flexibility index (Phi) is 3.19. The number of hydrogen-bond acceptors (Lipinski definition) is 4. The average Bonchev–Trinajstić information content (AvgIpc) is 2.92. The topological polar surface area (TPSA) is 85.7 Å². The van der Waals surface area contributed by atoms with Gasteiger partial charge >= 0.3 is 0 Å². The summed E-state index contributed by atoms with van der Waals surface area (Å²) >= 11 is 0. The Morgan fingerprint density at radius 1 is 1.24 bits per heavy atom. The van der Waals surface area contributed by atoms with Crippen LogP contribution in [0.3, 0.4) is 0 Å². The fourth-order valence-electron chi connectivity index (χ4n) is 2.22. The van der Waals surface area contributed by atoms with Crippen LogP contribution in [0.1, 0.15) is 5.56 Å². The van der Waals surface area contributed by atoms with Crippen molar-refractivity contribution in [1.29, 1.82) is 0 Å². The molecule has 0 spiro atoms. The van der Waals surface area contributed by atoms with Crippen LogP contribution in [0, 0.1) is 0 Å². The third kappa shape index (κ3) is 2.38. The van der Waals surface area contributed by atoms with Crippen LogP contribution in [0.5, 0.6) is 11.5 Å². The maximum Gasteiger partial charge on any atom is 0.170 e. The summed E-state index contributed by atoms with van der Waals surface area (Å²) in [5, 5.41) is 17.7. The van der Waals surface area contributed by atoms with E-state index in [-0.39, 0.29) is 5.84 Å². The molecule has 0 atom stereocenters. The van der Waals surface area contributed by atoms with Gasteiger partial charge in [0.15, 0.2) is 11.6 Å². The highest BCUT2D eigenvalue weighted by Crippen LogP contribution is 2.31. The lowest BCUT2D eigenvalue weighted by atomic mass is 10.0. The lowest BCUT2D eigenvalue weighted by molar-refractivity contribution is 0.318. The van der Waals surface area contributed by atoms with Crippen molar-refractivity contribution in [2.45, 2.75) is 0 Å². The highest BCUT2D eigenvalue weighted by molar-refractivity contribution is 6.10. The van der Waals surface area contributed by atoms with Crippen molar-refractivity contribution in [3.05, 3.63) is 54.4 Å². The second-order valence-corrected chi connectivity index (χ2v) is 4.59. The smallest absolute Gasteiger partial charge is 0.170 e. The third-order valence-electron chi connectivity index (χ3n) is 3.18. The Labute approximate surface area is 121 Å². The summed E-state index contributed by atoms with van der Waals surface area (Å²) in [7, 11) is 1.83. The maximum atomic E-state index is 8.88. The third-order valence-corrected chi connectivity index (χ3v) is 3.18. The molecule has 0 bridgehead atoms. The molecule has 3 rings (SSSR count). The second kappa shape index (κ2) is 5.16. The molecule has 6 nitrogen and oxygen atoms in total. The lowest BCUT2D eigenvalue weighted by Crippen LogP contribution is -2.13. The van der Waals surface area contributed by atoms with Gasteiger partial charge in [-0.05, 0) is 17.5 Å². The average molecular weight is 282 g/mol. The van der Waals surface area contributed by atoms with Crippen molar-refractivity contribution in [3.63, 3.8) is 0 Å². The first-order valence-electron chi connectivity index (χ1n) is 6.35. The van der Waals surface area contributed by atoms with E-state index in [1.807, 2.05) is 31.3 Å². The van der Waals surface area contributed by atoms with E-state index in [0.717, 1.165) is 10.8 Å². The first kappa shape index (κ1) is 13.0. The molecule has 1 aromatic heterocycles. The van der Waals surface area contributed by atoms with Crippen LogP contribution < -0.4 is 10.5 Å². The predicted molar refractivity (Wildman–Crippen MR) is 79.7 cm³/mol. The summed E-state index contributed by atoms with van der Waals surface area (Å²) in [6, 6.07) is 11.2. The SMILES string of the molecule is Cn1cc(Oc2ccc(/C(N)=N/O)c3ccccc23)cn1. The Morgan fingerprint density at radius 2 is 2.00 bits per heavy atom. The molecule has 0 saturated carbocycles. The van der Waals surface area contributed by atoms with Crippen LogP contribution in [-0.2, 0) is 7.05 Å². The second-order valence-electron chi connectivity index (χ2n) is 4.59. The van der Waals surface area contributed by atoms with Gasteiger partial charge in [-0.25, -0.2) is 0 Å². The number of benzene rings is 2. The quantitative estimate of drug-likeness (QED) is 0.334. The number of oxime groups is 1. The van der Waals surface area contributed by atoms with Crippen LogP contribution in [0.15, 0.2) is 53.9 Å². The van der Waals surface area contributed by atoms with Crippen molar-refractivity contribution in [2.24, 2.45) is 17.9 Å². The maximum absolute atomic E-state index is 8.88. The lowest BCUT2D eigenvalue weighted by Gasteiger charge is -2.10. The number of nitrogens with two attached hydrogens (primary N) is 1. The molecule has 0 aliphatic carbocycles. The zero-order chi connectivity index (χ0) is 14.8. The summed E-state index contributed by atoms with van der Waals surface area (Å²) in [6.07, 6.45) is 3.43. The molecule has 0 amide bonds. The molecule has 106 valence electrons. The van der Waals surface area contributed by atoms with Gasteiger partial charge in [-0.3, -0.25) is 4.68 Å². The molecular formula is C15H14N4O2. The molecule has 0 aliphatic heterocycles. The van der Waals surface area contributed by atoms with Crippen LogP contribution in [-0.4, -0.2) is 20.8 Å². The normalized spacial score (nSPS) is 11.8. The van der Waals surface area contributed by atoms with Gasteiger partial charge in [0.25, 0.3) is 0 Å². The number of nitrogens with zero attached hydrogens (tertiary/aromatic N) is 3. The van der Waals surface area contributed by atoms with Gasteiger partial charge in [0.05, 0.1) is 12.4 Å². The number of ether oxygens (including phenoxy) is 1. The van der Waals surface area contributed by atoms with Gasteiger partial charge in [-0.2, -0.15) is 5.10 Å². The highest BCUT2D eigenvalue weighted by Gasteiger charge is 2.10. The van der Waals surface area contributed by atoms with Crippen molar-refractivity contribution < 1.29 is 9.94 Å². The molecule has 21 heavy (non-hydrogen) atoms. The number of aryl methyl sites for hydroxylation is 1. The van der Waals surface area contributed by atoms with Crippen LogP contribution in [0.4, 0.5) is 0 Å². The molecule has 0 unspecified atom stereocenters. The molecule has 0 radical (unpaired) electrons. The van der Waals surface area contributed by atoms with Gasteiger partial charge in [-0.15, -0.1) is 0 Å². The van der Waals surface area contributed by atoms with E-state index in [1.54, 1.807) is 29.2 Å². The zero-order valence-electron chi connectivity index (χ0n) is 11.4. The minimum absolute atomic E-state index is 0.0686. The van der Waals surface area contributed by atoms with E-state index >= 15 is 0 Å². The predicted octanol–water partition coefficient (Wildman–Crippen LogP) is 2.46. The first-order valence-corrected chi connectivity index (χ1v) is 6.35. The number of fused-ring (bicyclic) bond motifs is 1. The summed E-state index contributed by atoms with van der Waals surface area (Å²) in [4.78, 5) is 0. The number of aromatic nitrogens is 2. The van der Waals surface area contributed by atoms with Gasteiger partial charge in [-0.1, -0.05) is 29.4 Å². The number of hydrogen-bond donors (Lipinski definition) is 2. The molecule has 2 aromatic carbocycles. The standard InChI is InChI=1S/C15H14N4O2/c1-19-9-10(8-17-19)21-14-7-6-13(15(16)18-20)11-4-2-3-5-12(11)14/h2-9,20H,1H3,(H2,16,18). The molecular weight excluding hydrogens is 268 g/mol. The monoisotopic (exact) mass is 282 g/mol. The van der Waals surface area contributed by atoms with Gasteiger partial charge in [0.1, 0.15) is 5.75 Å². The van der Waals surface area contributed by atoms with Crippen molar-refractivity contribution in [2.75, 3.05) is 0 Å². The Hall–Kier alpha value is -3.02. The molecule has 3 aromatic rings. The van der Waals surface area contributed by atoms with Crippen molar-refractivity contribution in [3.8, 4) is 11.5 Å². The fourth-order valence-corrected chi connectivity index (χ4v) is 2.22. The van der Waals surface area contributed by atoms with E-state index in [1.165, 1.54) is 0 Å². The Balaban J connectivity index is 2.13.